The van der Waals surface area contributed by atoms with E-state index in [4.69, 9.17) is 10.5 Å². The standard InChI is InChI=1S/C13H23N3O3S/c1-5-16(9-10-19-4)11-7-6-8-12(13(11)14)20(17,18)15(2)3/h6-8H,5,9-10,14H2,1-4H3. The van der Waals surface area contributed by atoms with Gasteiger partial charge in [0.25, 0.3) is 0 Å². The Labute approximate surface area is 121 Å². The molecule has 0 bridgehead atoms. The van der Waals surface area contributed by atoms with Gasteiger partial charge in [-0.2, -0.15) is 0 Å². The Hall–Kier alpha value is -1.31. The van der Waals surface area contributed by atoms with Crippen molar-refractivity contribution >= 4 is 21.4 Å². The number of ether oxygens (including phenoxy) is 1. The Kier molecular flexibility index (Phi) is 5.79. The van der Waals surface area contributed by atoms with Crippen molar-refractivity contribution < 1.29 is 13.2 Å². The molecule has 0 saturated heterocycles. The molecule has 2 N–H and O–H groups in total. The van der Waals surface area contributed by atoms with Crippen LogP contribution >= 0.6 is 0 Å². The minimum atomic E-state index is -3.54. The van der Waals surface area contributed by atoms with Crippen molar-refractivity contribution in [3.8, 4) is 0 Å². The number of nitrogen functional groups attached to an aromatic ring is 1. The monoisotopic (exact) mass is 301 g/mol. The lowest BCUT2D eigenvalue weighted by Crippen LogP contribution is -2.29. The zero-order valence-corrected chi connectivity index (χ0v) is 13.3. The maximum absolute atomic E-state index is 12.2. The van der Waals surface area contributed by atoms with Crippen molar-refractivity contribution in [2.24, 2.45) is 0 Å². The van der Waals surface area contributed by atoms with Gasteiger partial charge in [-0.3, -0.25) is 0 Å². The Morgan fingerprint density at radius 2 is 1.95 bits per heavy atom. The Balaban J connectivity index is 3.25. The van der Waals surface area contributed by atoms with Crippen LogP contribution in [-0.4, -0.2) is 53.6 Å². The van der Waals surface area contributed by atoms with Crippen LogP contribution in [0.25, 0.3) is 0 Å². The number of likely N-dealkylation sites (N-methyl/N-ethyl adjacent to an activating group) is 1. The zero-order valence-electron chi connectivity index (χ0n) is 12.5. The average Bonchev–Trinajstić information content (AvgIpc) is 2.40. The third kappa shape index (κ3) is 3.41. The molecule has 0 fully saturated rings. The van der Waals surface area contributed by atoms with E-state index in [0.717, 1.165) is 10.8 Å². The van der Waals surface area contributed by atoms with Gasteiger partial charge in [0.15, 0.2) is 0 Å². The predicted molar refractivity (Wildman–Crippen MR) is 81.5 cm³/mol. The van der Waals surface area contributed by atoms with Gasteiger partial charge in [0, 0.05) is 34.3 Å². The van der Waals surface area contributed by atoms with Crippen molar-refractivity contribution in [2.45, 2.75) is 11.8 Å². The summed E-state index contributed by atoms with van der Waals surface area (Å²) in [5.74, 6) is 0. The lowest BCUT2D eigenvalue weighted by molar-refractivity contribution is 0.205. The second-order valence-electron chi connectivity index (χ2n) is 4.55. The molecule has 0 aromatic heterocycles. The highest BCUT2D eigenvalue weighted by molar-refractivity contribution is 7.89. The van der Waals surface area contributed by atoms with Crippen LogP contribution in [0.3, 0.4) is 0 Å². The zero-order chi connectivity index (χ0) is 15.3. The Morgan fingerprint density at radius 3 is 2.45 bits per heavy atom. The first-order valence-electron chi connectivity index (χ1n) is 6.41. The van der Waals surface area contributed by atoms with Gasteiger partial charge in [-0.1, -0.05) is 6.07 Å². The van der Waals surface area contributed by atoms with E-state index in [1.54, 1.807) is 13.2 Å². The highest BCUT2D eigenvalue weighted by atomic mass is 32.2. The SMILES string of the molecule is CCN(CCOC)c1cccc(S(=O)(=O)N(C)C)c1N. The smallest absolute Gasteiger partial charge is 0.244 e. The number of para-hydroxylation sites is 1. The molecule has 114 valence electrons. The summed E-state index contributed by atoms with van der Waals surface area (Å²) >= 11 is 0. The van der Waals surface area contributed by atoms with E-state index in [2.05, 4.69) is 0 Å². The van der Waals surface area contributed by atoms with Crippen molar-refractivity contribution in [2.75, 3.05) is 51.5 Å². The molecule has 0 amide bonds. The van der Waals surface area contributed by atoms with Crippen LogP contribution in [-0.2, 0) is 14.8 Å². The summed E-state index contributed by atoms with van der Waals surface area (Å²) < 4.78 is 30.7. The number of nitrogens with two attached hydrogens (primary N) is 1. The summed E-state index contributed by atoms with van der Waals surface area (Å²) in [5, 5.41) is 0. The molecular formula is C13H23N3O3S. The first kappa shape index (κ1) is 16.7. The molecule has 0 radical (unpaired) electrons. The first-order valence-corrected chi connectivity index (χ1v) is 7.85. The van der Waals surface area contributed by atoms with Crippen LogP contribution in [0.5, 0.6) is 0 Å². The Morgan fingerprint density at radius 1 is 1.30 bits per heavy atom. The van der Waals surface area contributed by atoms with E-state index in [9.17, 15) is 8.42 Å². The van der Waals surface area contributed by atoms with Gasteiger partial charge in [-0.15, -0.1) is 0 Å². The number of anilines is 2. The van der Waals surface area contributed by atoms with Crippen LogP contribution < -0.4 is 10.6 Å². The number of rotatable bonds is 7. The van der Waals surface area contributed by atoms with E-state index in [0.29, 0.717) is 18.8 Å². The largest absolute Gasteiger partial charge is 0.396 e. The van der Waals surface area contributed by atoms with E-state index in [1.165, 1.54) is 20.2 Å². The summed E-state index contributed by atoms with van der Waals surface area (Å²) in [6, 6.07) is 5.05. The van der Waals surface area contributed by atoms with Crippen LogP contribution in [0.15, 0.2) is 23.1 Å². The molecule has 20 heavy (non-hydrogen) atoms. The van der Waals surface area contributed by atoms with Gasteiger partial charge in [-0.05, 0) is 19.1 Å². The van der Waals surface area contributed by atoms with Gasteiger partial charge in [0.05, 0.1) is 18.0 Å². The summed E-state index contributed by atoms with van der Waals surface area (Å²) in [4.78, 5) is 2.13. The highest BCUT2D eigenvalue weighted by Crippen LogP contribution is 2.30. The summed E-state index contributed by atoms with van der Waals surface area (Å²) in [6.45, 7) is 3.92. The summed E-state index contributed by atoms with van der Waals surface area (Å²) in [5.41, 5.74) is 7.06. The third-order valence-electron chi connectivity index (χ3n) is 3.09. The third-order valence-corrected chi connectivity index (χ3v) is 4.96. The molecule has 7 heteroatoms. The molecule has 0 spiro atoms. The van der Waals surface area contributed by atoms with E-state index in [-0.39, 0.29) is 10.6 Å². The predicted octanol–water partition coefficient (Wildman–Crippen LogP) is 0.992. The lowest BCUT2D eigenvalue weighted by atomic mass is 10.2. The molecular weight excluding hydrogens is 278 g/mol. The first-order chi connectivity index (χ1) is 9.36. The molecule has 0 heterocycles. The molecule has 1 rings (SSSR count). The molecule has 0 aliphatic carbocycles. The second kappa shape index (κ2) is 6.92. The maximum Gasteiger partial charge on any atom is 0.244 e. The minimum absolute atomic E-state index is 0.135. The molecule has 1 aromatic rings. The average molecular weight is 301 g/mol. The minimum Gasteiger partial charge on any atom is -0.396 e. The van der Waals surface area contributed by atoms with Gasteiger partial charge in [0.1, 0.15) is 4.90 Å². The van der Waals surface area contributed by atoms with Crippen molar-refractivity contribution in [3.63, 3.8) is 0 Å². The highest BCUT2D eigenvalue weighted by Gasteiger charge is 2.23. The molecule has 0 unspecified atom stereocenters. The summed E-state index contributed by atoms with van der Waals surface area (Å²) in [6.07, 6.45) is 0. The van der Waals surface area contributed by atoms with Crippen LogP contribution in [0.2, 0.25) is 0 Å². The van der Waals surface area contributed by atoms with Crippen LogP contribution in [0.1, 0.15) is 6.92 Å². The van der Waals surface area contributed by atoms with E-state index >= 15 is 0 Å². The fourth-order valence-electron chi connectivity index (χ4n) is 1.88. The number of methoxy groups -OCH3 is 1. The fraction of sp³-hybridized carbons (Fsp3) is 0.538. The number of benzene rings is 1. The normalized spacial score (nSPS) is 11.8. The van der Waals surface area contributed by atoms with Gasteiger partial charge < -0.3 is 15.4 Å². The van der Waals surface area contributed by atoms with Gasteiger partial charge >= 0.3 is 0 Å². The van der Waals surface area contributed by atoms with E-state index in [1.807, 2.05) is 17.9 Å². The molecule has 0 saturated carbocycles. The maximum atomic E-state index is 12.2. The van der Waals surface area contributed by atoms with Gasteiger partial charge in [-0.25, -0.2) is 12.7 Å². The number of sulfonamides is 1. The molecule has 1 aromatic carbocycles. The molecule has 0 atom stereocenters. The second-order valence-corrected chi connectivity index (χ2v) is 6.67. The fourth-order valence-corrected chi connectivity index (χ4v) is 2.91. The van der Waals surface area contributed by atoms with Crippen molar-refractivity contribution in [1.29, 1.82) is 0 Å². The van der Waals surface area contributed by atoms with Gasteiger partial charge in [0.2, 0.25) is 10.0 Å². The Bertz CT molecular complexity index is 544. The molecule has 6 nitrogen and oxygen atoms in total. The van der Waals surface area contributed by atoms with Crippen molar-refractivity contribution in [3.05, 3.63) is 18.2 Å². The van der Waals surface area contributed by atoms with Crippen LogP contribution in [0.4, 0.5) is 11.4 Å². The topological polar surface area (TPSA) is 75.9 Å². The number of hydrogen-bond acceptors (Lipinski definition) is 5. The molecule has 0 aliphatic rings. The lowest BCUT2D eigenvalue weighted by Gasteiger charge is -2.25. The number of nitrogens with zero attached hydrogens (tertiary/aromatic N) is 2. The summed E-state index contributed by atoms with van der Waals surface area (Å²) in [7, 11) is 1.07. The van der Waals surface area contributed by atoms with Crippen LogP contribution in [0, 0.1) is 0 Å². The van der Waals surface area contributed by atoms with E-state index < -0.39 is 10.0 Å². The quantitative estimate of drug-likeness (QED) is 0.760. The number of hydrogen-bond donors (Lipinski definition) is 1. The molecule has 0 aliphatic heterocycles. The van der Waals surface area contributed by atoms with Crippen molar-refractivity contribution in [1.82, 2.24) is 4.31 Å².